The van der Waals surface area contributed by atoms with Crippen LogP contribution in [0.1, 0.15) is 12.1 Å². The number of oxazole rings is 1. The minimum absolute atomic E-state index is 0. The highest BCUT2D eigenvalue weighted by Crippen LogP contribution is 2.21. The van der Waals surface area contributed by atoms with Crippen molar-refractivity contribution in [2.24, 2.45) is 5.73 Å². The Morgan fingerprint density at radius 2 is 2.10 bits per heavy atom. The van der Waals surface area contributed by atoms with E-state index in [0.717, 1.165) is 37.3 Å². The lowest BCUT2D eigenvalue weighted by atomic mass is 10.2. The molecule has 0 spiro atoms. The van der Waals surface area contributed by atoms with Gasteiger partial charge < -0.3 is 10.2 Å². The van der Waals surface area contributed by atoms with Gasteiger partial charge in [-0.05, 0) is 30.7 Å². The van der Waals surface area contributed by atoms with Crippen LogP contribution in [0, 0.1) is 0 Å². The van der Waals surface area contributed by atoms with Gasteiger partial charge in [0.1, 0.15) is 6.26 Å². The van der Waals surface area contributed by atoms with Gasteiger partial charge in [-0.2, -0.15) is 0 Å². The third kappa shape index (κ3) is 3.52. The van der Waals surface area contributed by atoms with Gasteiger partial charge in [0.15, 0.2) is 0 Å². The lowest BCUT2D eigenvalue weighted by Gasteiger charge is -2.12. The van der Waals surface area contributed by atoms with Crippen LogP contribution < -0.4 is 5.73 Å². The first-order chi connectivity index (χ1) is 9.20. The van der Waals surface area contributed by atoms with Crippen molar-refractivity contribution in [1.29, 1.82) is 0 Å². The van der Waals surface area contributed by atoms with Crippen molar-refractivity contribution in [1.82, 2.24) is 9.88 Å². The monoisotopic (exact) mass is 313 g/mol. The van der Waals surface area contributed by atoms with Crippen molar-refractivity contribution in [3.8, 4) is 11.5 Å². The van der Waals surface area contributed by atoms with Crippen LogP contribution >= 0.6 is 24.0 Å². The fourth-order valence-corrected chi connectivity index (χ4v) is 2.47. The summed E-state index contributed by atoms with van der Waals surface area (Å²) < 4.78 is 5.52. The first kappa shape index (κ1) is 15.3. The Bertz CT molecular complexity index is 556. The van der Waals surface area contributed by atoms with Crippen molar-refractivity contribution in [3.63, 3.8) is 0 Å². The van der Waals surface area contributed by atoms with E-state index in [2.05, 4.69) is 9.88 Å². The molecule has 1 fully saturated rings. The van der Waals surface area contributed by atoms with Gasteiger partial charge in [-0.1, -0.05) is 11.6 Å². The Kier molecular flexibility index (Phi) is 5.05. The summed E-state index contributed by atoms with van der Waals surface area (Å²) >= 11 is 5.86. The molecule has 1 aromatic heterocycles. The number of aromatic nitrogens is 1. The summed E-state index contributed by atoms with van der Waals surface area (Å²) in [6, 6.07) is 7.77. The SMILES string of the molecule is Cl.N[C@H]1CCN(Cc2coc(-c3ccc(Cl)cc3)n2)C1. The molecule has 20 heavy (non-hydrogen) atoms. The molecule has 0 saturated carbocycles. The second kappa shape index (κ2) is 6.59. The number of likely N-dealkylation sites (tertiary alicyclic amines) is 1. The van der Waals surface area contributed by atoms with Gasteiger partial charge in [-0.3, -0.25) is 4.90 Å². The normalized spacial score (nSPS) is 19.0. The Morgan fingerprint density at radius 3 is 2.75 bits per heavy atom. The van der Waals surface area contributed by atoms with Crippen molar-refractivity contribution in [2.75, 3.05) is 13.1 Å². The highest BCUT2D eigenvalue weighted by atomic mass is 35.5. The molecule has 6 heteroatoms. The molecule has 0 bridgehead atoms. The molecule has 0 amide bonds. The van der Waals surface area contributed by atoms with E-state index in [1.54, 1.807) is 6.26 Å². The molecule has 1 aromatic carbocycles. The van der Waals surface area contributed by atoms with E-state index in [-0.39, 0.29) is 12.4 Å². The predicted molar refractivity (Wildman–Crippen MR) is 82.1 cm³/mol. The van der Waals surface area contributed by atoms with Crippen LogP contribution in [0.15, 0.2) is 34.9 Å². The molecule has 2 N–H and O–H groups in total. The fraction of sp³-hybridized carbons (Fsp3) is 0.357. The van der Waals surface area contributed by atoms with Gasteiger partial charge in [-0.15, -0.1) is 12.4 Å². The molecule has 1 saturated heterocycles. The van der Waals surface area contributed by atoms with Crippen LogP contribution in [0.4, 0.5) is 0 Å². The predicted octanol–water partition coefficient (Wildman–Crippen LogP) is 2.95. The molecule has 1 aliphatic rings. The second-order valence-electron chi connectivity index (χ2n) is 4.93. The summed E-state index contributed by atoms with van der Waals surface area (Å²) in [5.74, 6) is 0.634. The molecular weight excluding hydrogens is 297 g/mol. The summed E-state index contributed by atoms with van der Waals surface area (Å²) in [7, 11) is 0. The zero-order chi connectivity index (χ0) is 13.2. The van der Waals surface area contributed by atoms with E-state index in [1.165, 1.54) is 0 Å². The van der Waals surface area contributed by atoms with Crippen molar-refractivity contribution < 1.29 is 4.42 Å². The summed E-state index contributed by atoms with van der Waals surface area (Å²) in [4.78, 5) is 6.81. The van der Waals surface area contributed by atoms with Crippen molar-refractivity contribution in [3.05, 3.63) is 41.2 Å². The molecule has 0 aliphatic carbocycles. The molecule has 2 aromatic rings. The molecule has 0 unspecified atom stereocenters. The first-order valence-electron chi connectivity index (χ1n) is 6.39. The molecule has 4 nitrogen and oxygen atoms in total. The number of hydrogen-bond donors (Lipinski definition) is 1. The standard InChI is InChI=1S/C14H16ClN3O.ClH/c15-11-3-1-10(2-4-11)14-17-13(9-19-14)8-18-6-5-12(16)7-18;/h1-4,9,12H,5-8,16H2;1H/t12-;/m0./s1. The van der Waals surface area contributed by atoms with Gasteiger partial charge in [0, 0.05) is 36.3 Å². The van der Waals surface area contributed by atoms with Crippen LogP contribution in [-0.2, 0) is 6.54 Å². The van der Waals surface area contributed by atoms with Crippen LogP contribution in [0.25, 0.3) is 11.5 Å². The summed E-state index contributed by atoms with van der Waals surface area (Å²) in [5.41, 5.74) is 7.77. The van der Waals surface area contributed by atoms with E-state index >= 15 is 0 Å². The number of benzene rings is 1. The number of rotatable bonds is 3. The van der Waals surface area contributed by atoms with Gasteiger partial charge in [-0.25, -0.2) is 4.98 Å². The van der Waals surface area contributed by atoms with E-state index in [1.807, 2.05) is 24.3 Å². The maximum absolute atomic E-state index is 5.89. The molecule has 0 radical (unpaired) electrons. The summed E-state index contributed by atoms with van der Waals surface area (Å²) in [6.45, 7) is 2.76. The number of hydrogen-bond acceptors (Lipinski definition) is 4. The third-order valence-electron chi connectivity index (χ3n) is 3.34. The van der Waals surface area contributed by atoms with Gasteiger partial charge in [0.05, 0.1) is 5.69 Å². The zero-order valence-corrected chi connectivity index (χ0v) is 12.5. The molecule has 1 aliphatic heterocycles. The number of nitrogens with two attached hydrogens (primary N) is 1. The largest absolute Gasteiger partial charge is 0.444 e. The third-order valence-corrected chi connectivity index (χ3v) is 3.59. The topological polar surface area (TPSA) is 55.3 Å². The number of halogens is 2. The van der Waals surface area contributed by atoms with E-state index in [4.69, 9.17) is 21.8 Å². The van der Waals surface area contributed by atoms with Gasteiger partial charge in [0.2, 0.25) is 5.89 Å². The van der Waals surface area contributed by atoms with E-state index in [0.29, 0.717) is 17.0 Å². The molecule has 3 rings (SSSR count). The maximum Gasteiger partial charge on any atom is 0.226 e. The zero-order valence-electron chi connectivity index (χ0n) is 11.0. The first-order valence-corrected chi connectivity index (χ1v) is 6.77. The smallest absolute Gasteiger partial charge is 0.226 e. The summed E-state index contributed by atoms with van der Waals surface area (Å²) in [6.07, 6.45) is 2.77. The van der Waals surface area contributed by atoms with E-state index in [9.17, 15) is 0 Å². The van der Waals surface area contributed by atoms with Crippen molar-refractivity contribution >= 4 is 24.0 Å². The maximum atomic E-state index is 5.89. The lowest BCUT2D eigenvalue weighted by Crippen LogP contribution is -2.26. The molecule has 2 heterocycles. The Morgan fingerprint density at radius 1 is 1.35 bits per heavy atom. The highest BCUT2D eigenvalue weighted by molar-refractivity contribution is 6.30. The Labute approximate surface area is 129 Å². The van der Waals surface area contributed by atoms with Crippen LogP contribution in [0.3, 0.4) is 0 Å². The average molecular weight is 314 g/mol. The average Bonchev–Trinajstić information content (AvgIpc) is 3.00. The van der Waals surface area contributed by atoms with Gasteiger partial charge in [0.25, 0.3) is 0 Å². The minimum Gasteiger partial charge on any atom is -0.444 e. The fourth-order valence-electron chi connectivity index (χ4n) is 2.34. The molecule has 1 atom stereocenters. The second-order valence-corrected chi connectivity index (χ2v) is 5.37. The van der Waals surface area contributed by atoms with Crippen LogP contribution in [0.5, 0.6) is 0 Å². The minimum atomic E-state index is 0. The quantitative estimate of drug-likeness (QED) is 0.946. The highest BCUT2D eigenvalue weighted by Gasteiger charge is 2.20. The number of nitrogens with zero attached hydrogens (tertiary/aromatic N) is 2. The van der Waals surface area contributed by atoms with Gasteiger partial charge >= 0.3 is 0 Å². The van der Waals surface area contributed by atoms with E-state index < -0.39 is 0 Å². The Balaban J connectivity index is 0.00000147. The summed E-state index contributed by atoms with van der Waals surface area (Å²) in [5, 5.41) is 0.710. The van der Waals surface area contributed by atoms with Crippen LogP contribution in [-0.4, -0.2) is 29.0 Å². The molecular formula is C14H17Cl2N3O. The van der Waals surface area contributed by atoms with Crippen LogP contribution in [0.2, 0.25) is 5.02 Å². The van der Waals surface area contributed by atoms with Crippen molar-refractivity contribution in [2.45, 2.75) is 19.0 Å². The lowest BCUT2D eigenvalue weighted by molar-refractivity contribution is 0.322. The molecule has 108 valence electrons. The Hall–Kier alpha value is -1.07.